The molecule has 13 heteroatoms. The monoisotopic (exact) mass is 446 g/mol. The zero-order valence-electron chi connectivity index (χ0n) is 15.9. The Morgan fingerprint density at radius 2 is 2.10 bits per heavy atom. The number of rotatable bonds is 4. The number of carbonyl (C=O) groups excluding carboxylic acids is 1. The van der Waals surface area contributed by atoms with Gasteiger partial charge in [0.1, 0.15) is 5.52 Å². The minimum absolute atomic E-state index is 0.0655. The molecule has 9 nitrogen and oxygen atoms in total. The highest BCUT2D eigenvalue weighted by Gasteiger charge is 2.41. The number of carbonyl (C=O) groups is 1. The lowest BCUT2D eigenvalue weighted by Gasteiger charge is -2.32. The molecule has 30 heavy (non-hydrogen) atoms. The Labute approximate surface area is 173 Å². The van der Waals surface area contributed by atoms with Crippen LogP contribution in [0.15, 0.2) is 4.79 Å². The number of ether oxygens (including phenoxy) is 1. The molecule has 0 saturated carbocycles. The van der Waals surface area contributed by atoms with Gasteiger partial charge in [0, 0.05) is 19.1 Å². The molecule has 2 aromatic heterocycles. The maximum absolute atomic E-state index is 12.9. The maximum Gasteiger partial charge on any atom is 0.490 e. The lowest BCUT2D eigenvalue weighted by molar-refractivity contribution is -0.203. The van der Waals surface area contributed by atoms with E-state index in [-0.39, 0.29) is 29.0 Å². The van der Waals surface area contributed by atoms with Gasteiger partial charge in [0.25, 0.3) is 0 Å². The van der Waals surface area contributed by atoms with E-state index in [1.165, 1.54) is 4.57 Å². The van der Waals surface area contributed by atoms with Crippen LogP contribution < -0.4 is 16.3 Å². The van der Waals surface area contributed by atoms with Crippen LogP contribution in [0.4, 0.5) is 19.0 Å². The first kappa shape index (κ1) is 21.9. The summed E-state index contributed by atoms with van der Waals surface area (Å²) in [4.78, 5) is 34.1. The van der Waals surface area contributed by atoms with Gasteiger partial charge < -0.3 is 15.4 Å². The molecule has 162 valence electrons. The van der Waals surface area contributed by atoms with Gasteiger partial charge in [-0.2, -0.15) is 23.1 Å². The smallest absolute Gasteiger partial charge is 0.437 e. The predicted octanol–water partition coefficient (Wildman–Crippen LogP) is 1.26. The van der Waals surface area contributed by atoms with Gasteiger partial charge in [-0.15, -0.1) is 5.92 Å². The van der Waals surface area contributed by atoms with Crippen molar-refractivity contribution in [3.63, 3.8) is 0 Å². The quantitative estimate of drug-likeness (QED) is 0.428. The molecule has 0 bridgehead atoms. The fraction of sp³-hybridized carbons (Fsp3) is 0.529. The zero-order chi connectivity index (χ0) is 22.1. The first-order valence-corrected chi connectivity index (χ1v) is 9.32. The highest BCUT2D eigenvalue weighted by Crippen LogP contribution is 2.27. The highest BCUT2D eigenvalue weighted by atomic mass is 35.5. The second-order valence-corrected chi connectivity index (χ2v) is 6.96. The van der Waals surface area contributed by atoms with Crippen molar-refractivity contribution in [2.24, 2.45) is 5.73 Å². The molecule has 0 spiro atoms. The zero-order valence-corrected chi connectivity index (χ0v) is 16.6. The molecule has 3 rings (SSSR count). The summed E-state index contributed by atoms with van der Waals surface area (Å²) >= 11 is 6.03. The van der Waals surface area contributed by atoms with Crippen molar-refractivity contribution in [2.75, 3.05) is 18.0 Å². The van der Waals surface area contributed by atoms with E-state index in [9.17, 15) is 22.8 Å². The van der Waals surface area contributed by atoms with Crippen LogP contribution in [-0.4, -0.2) is 50.4 Å². The molecule has 0 aliphatic carbocycles. The van der Waals surface area contributed by atoms with Crippen LogP contribution in [-0.2, 0) is 22.8 Å². The molecule has 1 fully saturated rings. The molecule has 2 aromatic rings. The molecule has 2 N–H and O–H groups in total. The van der Waals surface area contributed by atoms with Gasteiger partial charge in [0.2, 0.25) is 5.28 Å². The normalized spacial score (nSPS) is 17.0. The van der Waals surface area contributed by atoms with Gasteiger partial charge in [-0.25, -0.2) is 14.2 Å². The van der Waals surface area contributed by atoms with E-state index in [0.29, 0.717) is 18.9 Å². The number of anilines is 1. The number of aromatic nitrogens is 4. The van der Waals surface area contributed by atoms with Crippen LogP contribution >= 0.6 is 11.6 Å². The molecule has 0 amide bonds. The van der Waals surface area contributed by atoms with Gasteiger partial charge in [0.05, 0.1) is 6.54 Å². The van der Waals surface area contributed by atoms with Crippen LogP contribution in [0, 0.1) is 11.8 Å². The van der Waals surface area contributed by atoms with Gasteiger partial charge in [-0.05, 0) is 31.4 Å². The highest BCUT2D eigenvalue weighted by molar-refractivity contribution is 6.28. The van der Waals surface area contributed by atoms with Crippen molar-refractivity contribution in [2.45, 2.75) is 45.3 Å². The number of fused-ring (bicyclic) bond motifs is 1. The largest absolute Gasteiger partial charge is 0.490 e. The molecular weight excluding hydrogens is 429 g/mol. The van der Waals surface area contributed by atoms with Crippen LogP contribution in [0.2, 0.25) is 5.28 Å². The number of hydrogen-bond acceptors (Lipinski definition) is 7. The number of esters is 1. The van der Waals surface area contributed by atoms with Crippen molar-refractivity contribution in [1.29, 1.82) is 0 Å². The summed E-state index contributed by atoms with van der Waals surface area (Å²) in [5.41, 5.74) is 5.44. The Bertz CT molecular complexity index is 1080. The minimum Gasteiger partial charge on any atom is -0.437 e. The SMILES string of the molecule is CC#CCn1c(=O)n(COC(=O)C(F)(F)F)c2nc(Cl)nc(N3CCCC(N)C3)c21. The van der Waals surface area contributed by atoms with E-state index in [2.05, 4.69) is 26.5 Å². The fourth-order valence-corrected chi connectivity index (χ4v) is 3.38. The summed E-state index contributed by atoms with van der Waals surface area (Å²) in [6.07, 6.45) is -3.59. The topological polar surface area (TPSA) is 108 Å². The summed E-state index contributed by atoms with van der Waals surface area (Å²) in [7, 11) is 0. The van der Waals surface area contributed by atoms with Gasteiger partial charge in [-0.1, -0.05) is 5.92 Å². The van der Waals surface area contributed by atoms with Gasteiger partial charge >= 0.3 is 17.8 Å². The summed E-state index contributed by atoms with van der Waals surface area (Å²) < 4.78 is 43.7. The Morgan fingerprint density at radius 1 is 1.37 bits per heavy atom. The fourth-order valence-electron chi connectivity index (χ4n) is 3.22. The standard InChI is InChI=1S/C17H18ClF3N6O3/c1-2-3-7-26-11-12(25-6-4-5-10(22)8-25)23-15(18)24-13(11)27(16(26)29)9-30-14(28)17(19,20)21/h10H,4-9,22H2,1H3. The van der Waals surface area contributed by atoms with E-state index >= 15 is 0 Å². The average Bonchev–Trinajstić information content (AvgIpc) is 2.93. The lowest BCUT2D eigenvalue weighted by atomic mass is 10.1. The van der Waals surface area contributed by atoms with Crippen molar-refractivity contribution >= 4 is 34.6 Å². The Kier molecular flexibility index (Phi) is 6.23. The van der Waals surface area contributed by atoms with E-state index in [1.807, 2.05) is 4.90 Å². The molecule has 1 atom stereocenters. The van der Waals surface area contributed by atoms with Gasteiger partial charge in [-0.3, -0.25) is 4.57 Å². The first-order valence-electron chi connectivity index (χ1n) is 8.94. The van der Waals surface area contributed by atoms with E-state index in [4.69, 9.17) is 17.3 Å². The molecule has 0 radical (unpaired) electrons. The predicted molar refractivity (Wildman–Crippen MR) is 102 cm³/mol. The van der Waals surface area contributed by atoms with Crippen LogP contribution in [0.5, 0.6) is 0 Å². The second kappa shape index (κ2) is 8.53. The number of nitrogens with zero attached hydrogens (tertiary/aromatic N) is 5. The molecule has 1 aliphatic heterocycles. The number of nitrogens with two attached hydrogens (primary N) is 1. The Hall–Kier alpha value is -2.78. The van der Waals surface area contributed by atoms with Gasteiger partial charge in [0.15, 0.2) is 18.2 Å². The van der Waals surface area contributed by atoms with Crippen molar-refractivity contribution in [3.05, 3.63) is 15.8 Å². The molecule has 3 heterocycles. The minimum atomic E-state index is -5.20. The maximum atomic E-state index is 12.9. The number of alkyl halides is 3. The third-order valence-corrected chi connectivity index (χ3v) is 4.70. The number of halogens is 4. The van der Waals surface area contributed by atoms with E-state index < -0.39 is 24.6 Å². The first-order chi connectivity index (χ1) is 14.1. The number of hydrogen-bond donors (Lipinski definition) is 1. The molecule has 1 unspecified atom stereocenters. The summed E-state index contributed by atoms with van der Waals surface area (Å²) in [5, 5.41) is -0.216. The lowest BCUT2D eigenvalue weighted by Crippen LogP contribution is -2.43. The van der Waals surface area contributed by atoms with Crippen LogP contribution in [0.25, 0.3) is 11.2 Å². The van der Waals surface area contributed by atoms with E-state index in [0.717, 1.165) is 17.4 Å². The van der Waals surface area contributed by atoms with E-state index in [1.54, 1.807) is 6.92 Å². The third-order valence-electron chi connectivity index (χ3n) is 4.53. The molecule has 0 aromatic carbocycles. The van der Waals surface area contributed by atoms with Crippen LogP contribution in [0.1, 0.15) is 19.8 Å². The molecule has 1 aliphatic rings. The second-order valence-electron chi connectivity index (χ2n) is 6.62. The summed E-state index contributed by atoms with van der Waals surface area (Å²) in [6.45, 7) is 1.56. The Morgan fingerprint density at radius 3 is 2.73 bits per heavy atom. The van der Waals surface area contributed by atoms with Crippen LogP contribution in [0.3, 0.4) is 0 Å². The summed E-state index contributed by atoms with van der Waals surface area (Å²) in [6, 6.07) is -0.118. The number of imidazole rings is 1. The molecule has 1 saturated heterocycles. The molecular formula is C17H18ClF3N6O3. The van der Waals surface area contributed by atoms with Crippen molar-refractivity contribution < 1.29 is 22.7 Å². The number of piperidine rings is 1. The van der Waals surface area contributed by atoms with Crippen molar-refractivity contribution in [1.82, 2.24) is 19.1 Å². The Balaban J connectivity index is 2.15. The average molecular weight is 447 g/mol. The summed E-state index contributed by atoms with van der Waals surface area (Å²) in [5.74, 6) is 3.28. The third kappa shape index (κ3) is 4.36. The van der Waals surface area contributed by atoms with Crippen molar-refractivity contribution in [3.8, 4) is 11.8 Å².